The Labute approximate surface area is 80.9 Å². The molecule has 0 bridgehead atoms. The second kappa shape index (κ2) is 5.00. The van der Waals surface area contributed by atoms with Gasteiger partial charge in [0.25, 0.3) is 0 Å². The van der Waals surface area contributed by atoms with Crippen molar-refractivity contribution in [2.45, 2.75) is 6.92 Å². The predicted molar refractivity (Wildman–Crippen MR) is 49.3 cm³/mol. The zero-order valence-corrected chi connectivity index (χ0v) is 7.73. The molecule has 76 valence electrons. The molecule has 0 aliphatic carbocycles. The van der Waals surface area contributed by atoms with E-state index < -0.39 is 5.97 Å². The largest absolute Gasteiger partial charge is 0.480 e. The molecule has 0 saturated carbocycles. The van der Waals surface area contributed by atoms with E-state index in [2.05, 4.69) is 15.3 Å². The number of carbonyl (C=O) groups is 1. The minimum Gasteiger partial charge on any atom is -0.480 e. The fourth-order valence-electron chi connectivity index (χ4n) is 0.817. The van der Waals surface area contributed by atoms with E-state index in [4.69, 9.17) is 9.84 Å². The van der Waals surface area contributed by atoms with Crippen LogP contribution in [-0.4, -0.2) is 34.2 Å². The normalized spacial score (nSPS) is 9.50. The number of nitrogens with one attached hydrogen (secondary N) is 1. The lowest BCUT2D eigenvalue weighted by molar-refractivity contribution is -0.134. The summed E-state index contributed by atoms with van der Waals surface area (Å²) in [6.45, 7) is 2.14. The van der Waals surface area contributed by atoms with Gasteiger partial charge in [-0.1, -0.05) is 0 Å². The number of carboxylic acids is 1. The van der Waals surface area contributed by atoms with Crippen LogP contribution in [0.1, 0.15) is 6.92 Å². The molecule has 0 aliphatic rings. The zero-order chi connectivity index (χ0) is 10.4. The predicted octanol–water partition coefficient (Wildman–Crippen LogP) is 0.372. The number of ether oxygens (including phenoxy) is 1. The average Bonchev–Trinajstić information content (AvgIpc) is 2.16. The summed E-state index contributed by atoms with van der Waals surface area (Å²) in [4.78, 5) is 18.1. The average molecular weight is 197 g/mol. The number of nitrogens with zero attached hydrogens (tertiary/aromatic N) is 2. The highest BCUT2D eigenvalue weighted by Crippen LogP contribution is 2.07. The second-order valence-corrected chi connectivity index (χ2v) is 2.42. The molecule has 1 heterocycles. The van der Waals surface area contributed by atoms with Crippen LogP contribution in [0, 0.1) is 0 Å². The third kappa shape index (κ3) is 3.26. The molecule has 0 unspecified atom stereocenters. The van der Waals surface area contributed by atoms with Gasteiger partial charge in [-0.05, 0) is 6.92 Å². The molecule has 0 saturated heterocycles. The molecular weight excluding hydrogens is 186 g/mol. The van der Waals surface area contributed by atoms with Crippen LogP contribution in [0.25, 0.3) is 0 Å². The van der Waals surface area contributed by atoms with Crippen LogP contribution in [0.4, 0.5) is 5.82 Å². The van der Waals surface area contributed by atoms with Crippen molar-refractivity contribution in [3.05, 3.63) is 12.4 Å². The van der Waals surface area contributed by atoms with Crippen molar-refractivity contribution in [3.63, 3.8) is 0 Å². The van der Waals surface area contributed by atoms with E-state index in [9.17, 15) is 4.79 Å². The molecule has 0 atom stereocenters. The van der Waals surface area contributed by atoms with Gasteiger partial charge in [-0.2, -0.15) is 4.98 Å². The Kier molecular flexibility index (Phi) is 3.66. The molecule has 1 aromatic heterocycles. The number of hydrogen-bond donors (Lipinski definition) is 2. The van der Waals surface area contributed by atoms with Gasteiger partial charge in [0.1, 0.15) is 12.4 Å². The summed E-state index contributed by atoms with van der Waals surface area (Å²) < 4.78 is 5.09. The minimum atomic E-state index is -0.950. The highest BCUT2D eigenvalue weighted by atomic mass is 16.5. The Balaban J connectivity index is 2.58. The molecule has 0 aromatic carbocycles. The van der Waals surface area contributed by atoms with Crippen LogP contribution in [0.2, 0.25) is 0 Å². The second-order valence-electron chi connectivity index (χ2n) is 2.42. The summed E-state index contributed by atoms with van der Waals surface area (Å²) in [5, 5.41) is 11.0. The van der Waals surface area contributed by atoms with Gasteiger partial charge in [-0.25, -0.2) is 0 Å². The van der Waals surface area contributed by atoms with Gasteiger partial charge in [0.2, 0.25) is 5.88 Å². The number of aromatic nitrogens is 2. The molecule has 6 nitrogen and oxygen atoms in total. The molecule has 1 rings (SSSR count). The quantitative estimate of drug-likeness (QED) is 0.709. The highest BCUT2D eigenvalue weighted by molar-refractivity contribution is 5.72. The van der Waals surface area contributed by atoms with Crippen LogP contribution in [-0.2, 0) is 4.79 Å². The molecule has 0 spiro atoms. The third-order valence-corrected chi connectivity index (χ3v) is 1.33. The summed E-state index contributed by atoms with van der Waals surface area (Å²) in [7, 11) is 0. The maximum absolute atomic E-state index is 10.2. The van der Waals surface area contributed by atoms with Crippen molar-refractivity contribution >= 4 is 11.8 Å². The van der Waals surface area contributed by atoms with Crippen LogP contribution in [0.5, 0.6) is 5.88 Å². The Bertz CT molecular complexity index is 316. The molecule has 6 heteroatoms. The first-order valence-corrected chi connectivity index (χ1v) is 4.13. The van der Waals surface area contributed by atoms with Gasteiger partial charge >= 0.3 is 5.97 Å². The van der Waals surface area contributed by atoms with E-state index in [1.807, 2.05) is 6.92 Å². The van der Waals surface area contributed by atoms with Crippen LogP contribution in [0.3, 0.4) is 0 Å². The SMILES string of the molecule is CCOc1cncc(NCC(=O)O)n1. The molecule has 14 heavy (non-hydrogen) atoms. The highest BCUT2D eigenvalue weighted by Gasteiger charge is 2.00. The topological polar surface area (TPSA) is 84.3 Å². The van der Waals surface area contributed by atoms with Crippen molar-refractivity contribution in [1.82, 2.24) is 9.97 Å². The Morgan fingerprint density at radius 1 is 1.64 bits per heavy atom. The van der Waals surface area contributed by atoms with Crippen LogP contribution in [0.15, 0.2) is 12.4 Å². The van der Waals surface area contributed by atoms with E-state index in [0.717, 1.165) is 0 Å². The molecule has 2 N–H and O–H groups in total. The van der Waals surface area contributed by atoms with E-state index in [0.29, 0.717) is 18.3 Å². The van der Waals surface area contributed by atoms with Gasteiger partial charge in [-0.3, -0.25) is 9.78 Å². The lowest BCUT2D eigenvalue weighted by Crippen LogP contribution is -2.13. The van der Waals surface area contributed by atoms with Gasteiger partial charge in [0.05, 0.1) is 19.0 Å². The standard InChI is InChI=1S/C8H11N3O3/c1-2-14-7-4-9-3-6(11-7)10-5-8(12)13/h3-4H,2,5H2,1H3,(H,10,11)(H,12,13). The molecule has 0 amide bonds. The summed E-state index contributed by atoms with van der Waals surface area (Å²) >= 11 is 0. The van der Waals surface area contributed by atoms with E-state index >= 15 is 0 Å². The summed E-state index contributed by atoms with van der Waals surface area (Å²) in [6.07, 6.45) is 2.90. The Morgan fingerprint density at radius 3 is 3.07 bits per heavy atom. The third-order valence-electron chi connectivity index (χ3n) is 1.33. The first-order valence-electron chi connectivity index (χ1n) is 4.13. The molecule has 0 fully saturated rings. The lowest BCUT2D eigenvalue weighted by atomic mass is 10.6. The van der Waals surface area contributed by atoms with Gasteiger partial charge in [-0.15, -0.1) is 0 Å². The van der Waals surface area contributed by atoms with Crippen LogP contribution >= 0.6 is 0 Å². The number of hydrogen-bond acceptors (Lipinski definition) is 5. The Morgan fingerprint density at radius 2 is 2.43 bits per heavy atom. The fourth-order valence-corrected chi connectivity index (χ4v) is 0.817. The summed E-state index contributed by atoms with van der Waals surface area (Å²) in [5.41, 5.74) is 0. The van der Waals surface area contributed by atoms with Crippen LogP contribution < -0.4 is 10.1 Å². The summed E-state index contributed by atoms with van der Waals surface area (Å²) in [5.74, 6) is -0.185. The molecule has 0 aliphatic heterocycles. The van der Waals surface area contributed by atoms with E-state index in [-0.39, 0.29) is 6.54 Å². The molecular formula is C8H11N3O3. The van der Waals surface area contributed by atoms with E-state index in [1.165, 1.54) is 12.4 Å². The lowest BCUT2D eigenvalue weighted by Gasteiger charge is -2.04. The van der Waals surface area contributed by atoms with Crippen molar-refractivity contribution < 1.29 is 14.6 Å². The van der Waals surface area contributed by atoms with Gasteiger partial charge < -0.3 is 15.2 Å². The Hall–Kier alpha value is -1.85. The maximum Gasteiger partial charge on any atom is 0.322 e. The van der Waals surface area contributed by atoms with Crippen molar-refractivity contribution in [2.24, 2.45) is 0 Å². The maximum atomic E-state index is 10.2. The number of anilines is 1. The van der Waals surface area contributed by atoms with Gasteiger partial charge in [0, 0.05) is 0 Å². The number of rotatable bonds is 5. The van der Waals surface area contributed by atoms with Crippen molar-refractivity contribution in [1.29, 1.82) is 0 Å². The molecule has 0 radical (unpaired) electrons. The zero-order valence-electron chi connectivity index (χ0n) is 7.73. The number of carboxylic acid groups (broad SMARTS) is 1. The number of aliphatic carboxylic acids is 1. The first-order chi connectivity index (χ1) is 6.72. The van der Waals surface area contributed by atoms with Crippen molar-refractivity contribution in [3.8, 4) is 5.88 Å². The fraction of sp³-hybridized carbons (Fsp3) is 0.375. The first kappa shape index (κ1) is 10.2. The summed E-state index contributed by atoms with van der Waals surface area (Å²) in [6, 6.07) is 0. The van der Waals surface area contributed by atoms with Gasteiger partial charge in [0.15, 0.2) is 0 Å². The molecule has 1 aromatic rings. The minimum absolute atomic E-state index is 0.190. The smallest absolute Gasteiger partial charge is 0.322 e. The van der Waals surface area contributed by atoms with Crippen molar-refractivity contribution in [2.75, 3.05) is 18.5 Å². The monoisotopic (exact) mass is 197 g/mol. The van der Waals surface area contributed by atoms with E-state index in [1.54, 1.807) is 0 Å².